The summed E-state index contributed by atoms with van der Waals surface area (Å²) >= 11 is 8.90. The average molecular weight is 404 g/mol. The first-order chi connectivity index (χ1) is 8.97. The summed E-state index contributed by atoms with van der Waals surface area (Å²) in [5.74, 6) is 0. The van der Waals surface area contributed by atoms with Crippen molar-refractivity contribution in [3.8, 4) is 0 Å². The second-order valence-electron chi connectivity index (χ2n) is 4.53. The van der Waals surface area contributed by atoms with Crippen LogP contribution >= 0.6 is 43.2 Å². The molecule has 0 spiro atoms. The molecule has 19 heavy (non-hydrogen) atoms. The van der Waals surface area contributed by atoms with Gasteiger partial charge in [0.25, 0.3) is 0 Å². The summed E-state index contributed by atoms with van der Waals surface area (Å²) in [4.78, 5) is 4.76. The minimum atomic E-state index is 0.842. The number of rotatable bonds is 4. The first kappa shape index (κ1) is 14.9. The number of hydrogen-bond acceptors (Lipinski definition) is 3. The smallest absolute Gasteiger partial charge is 0.0597 e. The summed E-state index contributed by atoms with van der Waals surface area (Å²) in [7, 11) is 4.11. The molecule has 2 nitrogen and oxygen atoms in total. The molecule has 2 aromatic rings. The van der Waals surface area contributed by atoms with Crippen LogP contribution in [0.15, 0.2) is 33.2 Å². The van der Waals surface area contributed by atoms with E-state index in [-0.39, 0.29) is 0 Å². The molecule has 0 aliphatic carbocycles. The maximum Gasteiger partial charge on any atom is 0.0597 e. The summed E-state index contributed by atoms with van der Waals surface area (Å²) < 4.78 is 2.28. The highest BCUT2D eigenvalue weighted by Gasteiger charge is 2.07. The highest BCUT2D eigenvalue weighted by Crippen LogP contribution is 2.30. The molecular formula is C14H16Br2N2S. The van der Waals surface area contributed by atoms with Crippen molar-refractivity contribution in [3.05, 3.63) is 43.0 Å². The summed E-state index contributed by atoms with van der Waals surface area (Å²) in [6.45, 7) is 2.97. The molecule has 0 aliphatic rings. The summed E-state index contributed by atoms with van der Waals surface area (Å²) in [6, 6.07) is 8.47. The monoisotopic (exact) mass is 402 g/mol. The molecule has 2 rings (SSSR count). The van der Waals surface area contributed by atoms with Crippen LogP contribution in [0.4, 0.5) is 11.4 Å². The highest BCUT2D eigenvalue weighted by molar-refractivity contribution is 9.10. The van der Waals surface area contributed by atoms with Crippen molar-refractivity contribution >= 4 is 54.6 Å². The van der Waals surface area contributed by atoms with Crippen LogP contribution in [0, 0.1) is 6.92 Å². The SMILES string of the molecule is Cc1sc(CNc2cc(Br)ccc2N(C)C)cc1Br. The number of benzene rings is 1. The molecule has 0 amide bonds. The number of thiophene rings is 1. The zero-order valence-electron chi connectivity index (χ0n) is 11.1. The van der Waals surface area contributed by atoms with Crippen molar-refractivity contribution in [2.24, 2.45) is 0 Å². The van der Waals surface area contributed by atoms with Gasteiger partial charge >= 0.3 is 0 Å². The van der Waals surface area contributed by atoms with Crippen molar-refractivity contribution in [3.63, 3.8) is 0 Å². The van der Waals surface area contributed by atoms with Crippen LogP contribution in [0.25, 0.3) is 0 Å². The lowest BCUT2D eigenvalue weighted by Crippen LogP contribution is -2.12. The van der Waals surface area contributed by atoms with Gasteiger partial charge in [0.05, 0.1) is 11.4 Å². The molecule has 0 fully saturated rings. The molecular weight excluding hydrogens is 388 g/mol. The van der Waals surface area contributed by atoms with Crippen LogP contribution in [0.3, 0.4) is 0 Å². The van der Waals surface area contributed by atoms with Gasteiger partial charge in [-0.25, -0.2) is 0 Å². The van der Waals surface area contributed by atoms with Gasteiger partial charge in [-0.1, -0.05) is 15.9 Å². The molecule has 0 aliphatic heterocycles. The zero-order chi connectivity index (χ0) is 14.0. The summed E-state index contributed by atoms with van der Waals surface area (Å²) in [6.07, 6.45) is 0. The van der Waals surface area contributed by atoms with Crippen molar-refractivity contribution in [2.75, 3.05) is 24.3 Å². The Morgan fingerprint density at radius 3 is 2.53 bits per heavy atom. The van der Waals surface area contributed by atoms with Crippen molar-refractivity contribution in [1.82, 2.24) is 0 Å². The van der Waals surface area contributed by atoms with E-state index in [1.807, 2.05) is 11.3 Å². The predicted molar refractivity (Wildman–Crippen MR) is 92.6 cm³/mol. The highest BCUT2D eigenvalue weighted by atomic mass is 79.9. The topological polar surface area (TPSA) is 15.3 Å². The Balaban J connectivity index is 2.16. The van der Waals surface area contributed by atoms with Gasteiger partial charge in [0.1, 0.15) is 0 Å². The number of nitrogens with zero attached hydrogens (tertiary/aromatic N) is 1. The molecule has 0 radical (unpaired) electrons. The van der Waals surface area contributed by atoms with E-state index in [4.69, 9.17) is 0 Å². The van der Waals surface area contributed by atoms with Crippen LogP contribution in [-0.2, 0) is 6.54 Å². The van der Waals surface area contributed by atoms with Gasteiger partial charge < -0.3 is 10.2 Å². The number of anilines is 2. The molecule has 1 N–H and O–H groups in total. The molecule has 1 aromatic heterocycles. The number of nitrogens with one attached hydrogen (secondary N) is 1. The molecule has 0 saturated carbocycles. The van der Waals surface area contributed by atoms with E-state index >= 15 is 0 Å². The van der Waals surface area contributed by atoms with Crippen LogP contribution in [0.1, 0.15) is 9.75 Å². The van der Waals surface area contributed by atoms with E-state index in [9.17, 15) is 0 Å². The van der Waals surface area contributed by atoms with Crippen LogP contribution in [0.5, 0.6) is 0 Å². The molecule has 0 bridgehead atoms. The summed E-state index contributed by atoms with van der Waals surface area (Å²) in [5, 5.41) is 3.51. The van der Waals surface area contributed by atoms with Gasteiger partial charge in [-0.3, -0.25) is 0 Å². The Bertz CT molecular complexity index is 559. The molecule has 0 atom stereocenters. The lowest BCUT2D eigenvalue weighted by atomic mass is 10.2. The van der Waals surface area contributed by atoms with Gasteiger partial charge in [-0.15, -0.1) is 11.3 Å². The number of halogens is 2. The fourth-order valence-electron chi connectivity index (χ4n) is 1.83. The van der Waals surface area contributed by atoms with Gasteiger partial charge in [0.2, 0.25) is 0 Å². The number of hydrogen-bond donors (Lipinski definition) is 1. The lowest BCUT2D eigenvalue weighted by Gasteiger charge is -2.18. The van der Waals surface area contributed by atoms with Crippen molar-refractivity contribution < 1.29 is 0 Å². The molecule has 0 saturated heterocycles. The fourth-order valence-corrected chi connectivity index (χ4v) is 3.73. The standard InChI is InChI=1S/C14H16Br2N2S/c1-9-12(16)7-11(19-9)8-17-13-6-10(15)4-5-14(13)18(2)3/h4-7,17H,8H2,1-3H3. The van der Waals surface area contributed by atoms with Gasteiger partial charge in [-0.05, 0) is 47.1 Å². The minimum absolute atomic E-state index is 0.842. The Kier molecular flexibility index (Phi) is 4.92. The molecule has 5 heteroatoms. The first-order valence-corrected chi connectivity index (χ1v) is 8.33. The third-order valence-electron chi connectivity index (χ3n) is 2.80. The Hall–Kier alpha value is -0.520. The first-order valence-electron chi connectivity index (χ1n) is 5.93. The Morgan fingerprint density at radius 2 is 1.95 bits per heavy atom. The Morgan fingerprint density at radius 1 is 1.21 bits per heavy atom. The Labute approximate surface area is 135 Å². The molecule has 1 heterocycles. The molecule has 0 unspecified atom stereocenters. The van der Waals surface area contributed by atoms with Crippen LogP contribution < -0.4 is 10.2 Å². The van der Waals surface area contributed by atoms with Gasteiger partial charge in [0.15, 0.2) is 0 Å². The van der Waals surface area contributed by atoms with E-state index in [2.05, 4.69) is 87.4 Å². The third kappa shape index (κ3) is 3.74. The van der Waals surface area contributed by atoms with Gasteiger partial charge in [0, 0.05) is 39.3 Å². The van der Waals surface area contributed by atoms with E-state index in [0.29, 0.717) is 0 Å². The largest absolute Gasteiger partial charge is 0.378 e. The lowest BCUT2D eigenvalue weighted by molar-refractivity contribution is 1.11. The van der Waals surface area contributed by atoms with Crippen LogP contribution in [-0.4, -0.2) is 14.1 Å². The van der Waals surface area contributed by atoms with Crippen molar-refractivity contribution in [2.45, 2.75) is 13.5 Å². The third-order valence-corrected chi connectivity index (χ3v) is 5.43. The quantitative estimate of drug-likeness (QED) is 0.748. The minimum Gasteiger partial charge on any atom is -0.378 e. The van der Waals surface area contributed by atoms with E-state index < -0.39 is 0 Å². The summed E-state index contributed by atoms with van der Waals surface area (Å²) in [5.41, 5.74) is 2.33. The van der Waals surface area contributed by atoms with Gasteiger partial charge in [-0.2, -0.15) is 0 Å². The average Bonchev–Trinajstić information content (AvgIpc) is 2.66. The normalized spacial score (nSPS) is 10.6. The number of aryl methyl sites for hydroxylation is 1. The predicted octanol–water partition coefficient (Wildman–Crippen LogP) is 5.26. The zero-order valence-corrected chi connectivity index (χ0v) is 15.1. The second kappa shape index (κ2) is 6.29. The molecule has 102 valence electrons. The van der Waals surface area contributed by atoms with Crippen molar-refractivity contribution in [1.29, 1.82) is 0 Å². The molecule has 1 aromatic carbocycles. The maximum absolute atomic E-state index is 3.56. The fraction of sp³-hybridized carbons (Fsp3) is 0.286. The maximum atomic E-state index is 3.56. The van der Waals surface area contributed by atoms with E-state index in [1.54, 1.807) is 0 Å². The van der Waals surface area contributed by atoms with E-state index in [1.165, 1.54) is 19.9 Å². The van der Waals surface area contributed by atoms with E-state index in [0.717, 1.165) is 16.7 Å². The van der Waals surface area contributed by atoms with Crippen LogP contribution in [0.2, 0.25) is 0 Å². The second-order valence-corrected chi connectivity index (χ2v) is 7.64.